The maximum Gasteiger partial charge on any atom is 0.261 e. The summed E-state index contributed by atoms with van der Waals surface area (Å²) < 4.78 is 3.62. The van der Waals surface area contributed by atoms with Crippen molar-refractivity contribution in [3.63, 3.8) is 0 Å². The Morgan fingerprint density at radius 2 is 2.00 bits per heavy atom. The lowest BCUT2D eigenvalue weighted by atomic mass is 9.87. The molecule has 32 heavy (non-hydrogen) atoms. The molecule has 0 aliphatic heterocycles. The van der Waals surface area contributed by atoms with Crippen LogP contribution in [0.1, 0.15) is 68.4 Å². The minimum absolute atomic E-state index is 0.322. The average Bonchev–Trinajstić information content (AvgIpc) is 3.37. The highest BCUT2D eigenvalue weighted by atomic mass is 16.3. The first-order valence-electron chi connectivity index (χ1n) is 11.1. The van der Waals surface area contributed by atoms with Crippen molar-refractivity contribution >= 4 is 28.1 Å². The van der Waals surface area contributed by atoms with E-state index in [0.29, 0.717) is 28.5 Å². The molecule has 1 fully saturated rings. The zero-order chi connectivity index (χ0) is 22.5. The van der Waals surface area contributed by atoms with Crippen LogP contribution in [0.4, 0.5) is 5.69 Å². The van der Waals surface area contributed by atoms with Crippen molar-refractivity contribution in [3.05, 3.63) is 54.1 Å². The third-order valence-electron chi connectivity index (χ3n) is 6.45. The summed E-state index contributed by atoms with van der Waals surface area (Å²) in [6.07, 6.45) is 11.6. The predicted molar refractivity (Wildman–Crippen MR) is 123 cm³/mol. The molecule has 8 nitrogen and oxygen atoms in total. The Morgan fingerprint density at radius 3 is 2.75 bits per heavy atom. The molecule has 3 aromatic heterocycles. The zero-order valence-electron chi connectivity index (χ0n) is 18.6. The molecule has 1 amide bonds. The quantitative estimate of drug-likeness (QED) is 0.501. The number of benzene rings is 1. The van der Waals surface area contributed by atoms with Gasteiger partial charge in [0.1, 0.15) is 5.56 Å². The molecule has 0 atom stereocenters. The Bertz CT molecular complexity index is 1290. The van der Waals surface area contributed by atoms with Crippen molar-refractivity contribution in [1.82, 2.24) is 24.4 Å². The minimum atomic E-state index is -1.15. The van der Waals surface area contributed by atoms with Gasteiger partial charge in [-0.15, -0.1) is 0 Å². The van der Waals surface area contributed by atoms with Crippen LogP contribution in [-0.4, -0.2) is 35.4 Å². The third-order valence-corrected chi connectivity index (χ3v) is 6.45. The molecule has 3 heterocycles. The molecular formula is C24H28N6O2. The molecular weight excluding hydrogens is 404 g/mol. The van der Waals surface area contributed by atoms with E-state index in [1.165, 1.54) is 19.0 Å². The van der Waals surface area contributed by atoms with Gasteiger partial charge in [-0.1, -0.05) is 6.92 Å². The van der Waals surface area contributed by atoms with Crippen LogP contribution in [0.3, 0.4) is 0 Å². The molecule has 0 spiro atoms. The van der Waals surface area contributed by atoms with Crippen LogP contribution in [0.5, 0.6) is 0 Å². The number of amides is 1. The van der Waals surface area contributed by atoms with Gasteiger partial charge in [0.2, 0.25) is 0 Å². The van der Waals surface area contributed by atoms with Crippen LogP contribution < -0.4 is 5.32 Å². The van der Waals surface area contributed by atoms with Gasteiger partial charge in [-0.2, -0.15) is 10.2 Å². The van der Waals surface area contributed by atoms with E-state index in [9.17, 15) is 9.90 Å². The highest BCUT2D eigenvalue weighted by Gasteiger charge is 2.25. The first kappa shape index (κ1) is 20.6. The van der Waals surface area contributed by atoms with Gasteiger partial charge in [0.25, 0.3) is 5.91 Å². The first-order valence-corrected chi connectivity index (χ1v) is 11.1. The summed E-state index contributed by atoms with van der Waals surface area (Å²) in [6, 6.07) is 5.93. The number of hydrogen-bond donors (Lipinski definition) is 2. The van der Waals surface area contributed by atoms with Gasteiger partial charge in [0, 0.05) is 35.2 Å². The Kier molecular flexibility index (Phi) is 4.97. The smallest absolute Gasteiger partial charge is 0.261 e. The molecule has 2 N–H and O–H groups in total. The molecule has 5 rings (SSSR count). The van der Waals surface area contributed by atoms with E-state index in [-0.39, 0.29) is 5.91 Å². The Hall–Kier alpha value is -3.26. The summed E-state index contributed by atoms with van der Waals surface area (Å²) in [5.41, 5.74) is 1.69. The van der Waals surface area contributed by atoms with E-state index >= 15 is 0 Å². The van der Waals surface area contributed by atoms with Gasteiger partial charge < -0.3 is 10.4 Å². The average molecular weight is 433 g/mol. The van der Waals surface area contributed by atoms with E-state index in [4.69, 9.17) is 5.10 Å². The second-order valence-corrected chi connectivity index (χ2v) is 9.44. The normalized spacial score (nSPS) is 19.5. The van der Waals surface area contributed by atoms with Gasteiger partial charge in [0.15, 0.2) is 5.65 Å². The number of carbonyl (C=O) groups excluding carboxylic acids is 1. The van der Waals surface area contributed by atoms with Crippen LogP contribution in [0.15, 0.2) is 43.0 Å². The van der Waals surface area contributed by atoms with Crippen LogP contribution >= 0.6 is 0 Å². The lowest BCUT2D eigenvalue weighted by Crippen LogP contribution is -2.21. The molecule has 0 bridgehead atoms. The SMILES string of the molecule is CC(C)(O)c1cc2nn([C@H]3CC[C@H](C)CC3)cc2cc1NC(=O)c1cnn2cccnc12. The Morgan fingerprint density at radius 1 is 1.22 bits per heavy atom. The minimum Gasteiger partial charge on any atom is -0.386 e. The van der Waals surface area contributed by atoms with Crippen LogP contribution in [0.2, 0.25) is 0 Å². The second kappa shape index (κ2) is 7.70. The number of aromatic nitrogens is 5. The summed E-state index contributed by atoms with van der Waals surface area (Å²) in [4.78, 5) is 17.3. The molecule has 1 aliphatic carbocycles. The molecule has 0 unspecified atom stereocenters. The first-order chi connectivity index (χ1) is 15.3. The van der Waals surface area contributed by atoms with Gasteiger partial charge in [0.05, 0.1) is 23.4 Å². The fourth-order valence-corrected chi connectivity index (χ4v) is 4.57. The number of anilines is 1. The van der Waals surface area contributed by atoms with E-state index in [2.05, 4.69) is 33.2 Å². The largest absolute Gasteiger partial charge is 0.386 e. The molecule has 0 radical (unpaired) electrons. The monoisotopic (exact) mass is 432 g/mol. The Balaban J connectivity index is 1.51. The zero-order valence-corrected chi connectivity index (χ0v) is 18.6. The van der Waals surface area contributed by atoms with E-state index in [0.717, 1.165) is 29.7 Å². The molecule has 4 aromatic rings. The highest BCUT2D eigenvalue weighted by Crippen LogP contribution is 2.35. The number of nitrogens with one attached hydrogen (secondary N) is 1. The lowest BCUT2D eigenvalue weighted by Gasteiger charge is -2.26. The molecule has 0 saturated heterocycles. The summed E-state index contributed by atoms with van der Waals surface area (Å²) in [7, 11) is 0. The fourth-order valence-electron chi connectivity index (χ4n) is 4.57. The van der Waals surface area contributed by atoms with Crippen LogP contribution in [0, 0.1) is 5.92 Å². The summed E-state index contributed by atoms with van der Waals surface area (Å²) in [5.74, 6) is 0.450. The molecule has 1 aliphatic rings. The summed E-state index contributed by atoms with van der Waals surface area (Å²) >= 11 is 0. The molecule has 1 saturated carbocycles. The van der Waals surface area contributed by atoms with Crippen molar-refractivity contribution in [2.75, 3.05) is 5.32 Å². The standard InChI is InChI=1S/C24H28N6O2/c1-15-5-7-17(8-6-15)30-14-16-11-21(19(24(2,3)32)12-20(16)28-30)27-23(31)18-13-26-29-10-4-9-25-22(18)29/h4,9-15,17,32H,5-8H2,1-3H3,(H,27,31)/t15-,17-. The van der Waals surface area contributed by atoms with E-state index in [1.807, 2.05) is 12.1 Å². The Labute approximate surface area is 186 Å². The van der Waals surface area contributed by atoms with Gasteiger partial charge in [-0.25, -0.2) is 9.50 Å². The number of carbonyl (C=O) groups is 1. The van der Waals surface area contributed by atoms with Gasteiger partial charge >= 0.3 is 0 Å². The summed E-state index contributed by atoms with van der Waals surface area (Å²) in [5, 5.41) is 23.7. The van der Waals surface area contributed by atoms with Gasteiger partial charge in [-0.3, -0.25) is 9.48 Å². The number of fused-ring (bicyclic) bond motifs is 2. The van der Waals surface area contributed by atoms with E-state index in [1.54, 1.807) is 36.8 Å². The maximum absolute atomic E-state index is 13.1. The topological polar surface area (TPSA) is 97.3 Å². The maximum atomic E-state index is 13.1. The van der Waals surface area contributed by atoms with Gasteiger partial charge in [-0.05, 0) is 63.6 Å². The van der Waals surface area contributed by atoms with Crippen LogP contribution in [0.25, 0.3) is 16.6 Å². The third kappa shape index (κ3) is 3.75. The summed E-state index contributed by atoms with van der Waals surface area (Å²) in [6.45, 7) is 5.72. The van der Waals surface area contributed by atoms with Crippen molar-refractivity contribution in [3.8, 4) is 0 Å². The predicted octanol–water partition coefficient (Wildman–Crippen LogP) is 4.31. The van der Waals surface area contributed by atoms with Crippen molar-refractivity contribution < 1.29 is 9.90 Å². The molecule has 166 valence electrons. The second-order valence-electron chi connectivity index (χ2n) is 9.44. The molecule has 8 heteroatoms. The molecule has 1 aromatic carbocycles. The number of rotatable bonds is 4. The number of hydrogen-bond acceptors (Lipinski definition) is 5. The number of nitrogens with zero attached hydrogens (tertiary/aromatic N) is 5. The van der Waals surface area contributed by atoms with E-state index < -0.39 is 5.60 Å². The number of aliphatic hydroxyl groups is 1. The van der Waals surface area contributed by atoms with Crippen molar-refractivity contribution in [1.29, 1.82) is 0 Å². The lowest BCUT2D eigenvalue weighted by molar-refractivity contribution is 0.0794. The van der Waals surface area contributed by atoms with Crippen molar-refractivity contribution in [2.24, 2.45) is 5.92 Å². The van der Waals surface area contributed by atoms with Crippen LogP contribution in [-0.2, 0) is 5.60 Å². The van der Waals surface area contributed by atoms with Crippen molar-refractivity contribution in [2.45, 2.75) is 58.1 Å². The highest BCUT2D eigenvalue weighted by molar-refractivity contribution is 6.09. The fraction of sp³-hybridized carbons (Fsp3) is 0.417.